The van der Waals surface area contributed by atoms with E-state index in [4.69, 9.17) is 9.15 Å². The number of hydrogen-bond acceptors (Lipinski definition) is 6. The molecule has 21 heavy (non-hydrogen) atoms. The minimum Gasteiger partial charge on any atom is -0.493 e. The van der Waals surface area contributed by atoms with Gasteiger partial charge in [0.05, 0.1) is 12.7 Å². The molecule has 0 fully saturated rings. The molecule has 1 aromatic heterocycles. The highest BCUT2D eigenvalue weighted by Crippen LogP contribution is 2.19. The molecule has 0 amide bonds. The molecular weight excluding hydrogens is 276 g/mol. The Morgan fingerprint density at radius 2 is 2.10 bits per heavy atom. The number of benzene rings is 1. The van der Waals surface area contributed by atoms with Gasteiger partial charge in [-0.2, -0.15) is 0 Å². The number of carbonyl (C=O) groups is 1. The zero-order valence-corrected chi connectivity index (χ0v) is 11.6. The Kier molecular flexibility index (Phi) is 4.94. The summed E-state index contributed by atoms with van der Waals surface area (Å²) in [7, 11) is 0. The summed E-state index contributed by atoms with van der Waals surface area (Å²) in [4.78, 5) is 21.7. The normalized spacial score (nSPS) is 12.1. The summed E-state index contributed by atoms with van der Waals surface area (Å²) in [6.45, 7) is 1.49. The van der Waals surface area contributed by atoms with Crippen LogP contribution in [0.4, 0.5) is 0 Å². The Morgan fingerprint density at radius 1 is 1.33 bits per heavy atom. The fourth-order valence-corrected chi connectivity index (χ4v) is 1.74. The van der Waals surface area contributed by atoms with Crippen molar-refractivity contribution in [1.82, 2.24) is 0 Å². The van der Waals surface area contributed by atoms with Crippen LogP contribution in [0, 0.1) is 0 Å². The van der Waals surface area contributed by atoms with Crippen LogP contribution in [0.25, 0.3) is 11.0 Å². The van der Waals surface area contributed by atoms with Gasteiger partial charge in [0.15, 0.2) is 0 Å². The van der Waals surface area contributed by atoms with E-state index in [0.29, 0.717) is 17.8 Å². The lowest BCUT2D eigenvalue weighted by molar-refractivity contribution is -0.144. The van der Waals surface area contributed by atoms with Gasteiger partial charge in [-0.05, 0) is 18.2 Å². The molecule has 1 heterocycles. The van der Waals surface area contributed by atoms with Crippen LogP contribution in [-0.4, -0.2) is 30.4 Å². The van der Waals surface area contributed by atoms with E-state index < -0.39 is 17.7 Å². The summed E-state index contributed by atoms with van der Waals surface area (Å²) in [6, 6.07) is 8.18. The molecule has 1 N–H and O–H groups in total. The summed E-state index contributed by atoms with van der Waals surface area (Å²) in [5.74, 6) is 0.107. The standard InChI is InChI=1S/C15H16O6/c1-10(16)20-9-12(17)6-7-19-13-4-2-11-3-5-15(18)21-14(11)8-13/h2-5,8,12,17H,6-7,9H2,1H3/t12-/m1/s1. The van der Waals surface area contributed by atoms with Crippen molar-refractivity contribution >= 4 is 16.9 Å². The van der Waals surface area contributed by atoms with Gasteiger partial charge in [-0.25, -0.2) is 4.79 Å². The number of rotatable bonds is 6. The minimum absolute atomic E-state index is 0.0503. The van der Waals surface area contributed by atoms with E-state index in [-0.39, 0.29) is 13.2 Å². The van der Waals surface area contributed by atoms with E-state index in [2.05, 4.69) is 4.74 Å². The van der Waals surface area contributed by atoms with Crippen LogP contribution in [0.3, 0.4) is 0 Å². The van der Waals surface area contributed by atoms with Crippen molar-refractivity contribution in [2.45, 2.75) is 19.4 Å². The first-order valence-electron chi connectivity index (χ1n) is 6.53. The molecular formula is C15H16O6. The first kappa shape index (κ1) is 15.1. The highest BCUT2D eigenvalue weighted by atomic mass is 16.5. The van der Waals surface area contributed by atoms with Crippen LogP contribution in [0.1, 0.15) is 13.3 Å². The summed E-state index contributed by atoms with van der Waals surface area (Å²) in [5, 5.41) is 10.4. The van der Waals surface area contributed by atoms with E-state index in [1.807, 2.05) is 0 Å². The topological polar surface area (TPSA) is 86.0 Å². The first-order valence-corrected chi connectivity index (χ1v) is 6.53. The fourth-order valence-electron chi connectivity index (χ4n) is 1.74. The minimum atomic E-state index is -0.771. The molecule has 0 unspecified atom stereocenters. The highest BCUT2D eigenvalue weighted by molar-refractivity contribution is 5.77. The third kappa shape index (κ3) is 4.61. The van der Waals surface area contributed by atoms with Crippen LogP contribution < -0.4 is 10.4 Å². The molecule has 6 heteroatoms. The number of hydrogen-bond donors (Lipinski definition) is 1. The maximum absolute atomic E-state index is 11.1. The predicted molar refractivity (Wildman–Crippen MR) is 75.2 cm³/mol. The van der Waals surface area contributed by atoms with Crippen LogP contribution in [0.15, 0.2) is 39.5 Å². The lowest BCUT2D eigenvalue weighted by Crippen LogP contribution is -2.20. The zero-order chi connectivity index (χ0) is 15.2. The number of aliphatic hydroxyl groups excluding tert-OH is 1. The van der Waals surface area contributed by atoms with E-state index in [9.17, 15) is 14.7 Å². The molecule has 112 valence electrons. The average Bonchev–Trinajstić information content (AvgIpc) is 2.44. The van der Waals surface area contributed by atoms with Gasteiger partial charge >= 0.3 is 11.6 Å². The summed E-state index contributed by atoms with van der Waals surface area (Å²) in [6.07, 6.45) is -0.448. The van der Waals surface area contributed by atoms with Crippen LogP contribution in [0.2, 0.25) is 0 Å². The molecule has 0 saturated heterocycles. The molecule has 2 rings (SSSR count). The molecule has 0 radical (unpaired) electrons. The molecule has 0 bridgehead atoms. The van der Waals surface area contributed by atoms with Gasteiger partial charge in [0, 0.05) is 30.9 Å². The van der Waals surface area contributed by atoms with Crippen LogP contribution in [0.5, 0.6) is 5.75 Å². The largest absolute Gasteiger partial charge is 0.493 e. The van der Waals surface area contributed by atoms with Crippen molar-refractivity contribution in [3.05, 3.63) is 40.8 Å². The molecule has 1 atom stereocenters. The lowest BCUT2D eigenvalue weighted by Gasteiger charge is -2.11. The van der Waals surface area contributed by atoms with Gasteiger partial charge in [-0.1, -0.05) is 0 Å². The Bertz CT molecular complexity index is 675. The SMILES string of the molecule is CC(=O)OC[C@H](O)CCOc1ccc2ccc(=O)oc2c1. The Balaban J connectivity index is 1.88. The van der Waals surface area contributed by atoms with Crippen LogP contribution >= 0.6 is 0 Å². The molecule has 0 aliphatic carbocycles. The molecule has 0 aliphatic heterocycles. The quantitative estimate of drug-likeness (QED) is 0.641. The second-order valence-electron chi connectivity index (χ2n) is 4.55. The van der Waals surface area contributed by atoms with E-state index in [1.165, 1.54) is 13.0 Å². The molecule has 0 spiro atoms. The predicted octanol–water partition coefficient (Wildman–Crippen LogP) is 1.49. The van der Waals surface area contributed by atoms with Gasteiger partial charge in [0.1, 0.15) is 17.9 Å². The van der Waals surface area contributed by atoms with Crippen LogP contribution in [-0.2, 0) is 9.53 Å². The molecule has 0 aliphatic rings. The Hall–Kier alpha value is -2.34. The number of ether oxygens (including phenoxy) is 2. The fraction of sp³-hybridized carbons (Fsp3) is 0.333. The van der Waals surface area contributed by atoms with Gasteiger partial charge < -0.3 is 19.0 Å². The van der Waals surface area contributed by atoms with Gasteiger partial charge in [0.25, 0.3) is 0 Å². The van der Waals surface area contributed by atoms with E-state index in [0.717, 1.165) is 5.39 Å². The smallest absolute Gasteiger partial charge is 0.336 e. The Labute approximate surface area is 120 Å². The summed E-state index contributed by atoms with van der Waals surface area (Å²) in [5.41, 5.74) is 0.0249. The molecule has 6 nitrogen and oxygen atoms in total. The third-order valence-electron chi connectivity index (χ3n) is 2.79. The summed E-state index contributed by atoms with van der Waals surface area (Å²) >= 11 is 0. The zero-order valence-electron chi connectivity index (χ0n) is 11.6. The van der Waals surface area contributed by atoms with Gasteiger partial charge in [-0.3, -0.25) is 4.79 Å². The highest BCUT2D eigenvalue weighted by Gasteiger charge is 2.07. The van der Waals surface area contributed by atoms with Crippen molar-refractivity contribution in [1.29, 1.82) is 0 Å². The maximum Gasteiger partial charge on any atom is 0.336 e. The molecule has 0 saturated carbocycles. The Morgan fingerprint density at radius 3 is 2.86 bits per heavy atom. The van der Waals surface area contributed by atoms with Gasteiger partial charge in [0.2, 0.25) is 0 Å². The van der Waals surface area contributed by atoms with Gasteiger partial charge in [-0.15, -0.1) is 0 Å². The number of aliphatic hydroxyl groups is 1. The van der Waals surface area contributed by atoms with Crippen molar-refractivity contribution in [2.24, 2.45) is 0 Å². The number of esters is 1. The van der Waals surface area contributed by atoms with E-state index >= 15 is 0 Å². The summed E-state index contributed by atoms with van der Waals surface area (Å²) < 4.78 is 15.2. The van der Waals surface area contributed by atoms with Crippen molar-refractivity contribution in [3.8, 4) is 5.75 Å². The number of carbonyl (C=O) groups excluding carboxylic acids is 1. The van der Waals surface area contributed by atoms with Crippen molar-refractivity contribution in [2.75, 3.05) is 13.2 Å². The lowest BCUT2D eigenvalue weighted by atomic mass is 10.2. The molecule has 2 aromatic rings. The second kappa shape index (κ2) is 6.90. The van der Waals surface area contributed by atoms with Crippen molar-refractivity contribution < 1.29 is 23.8 Å². The second-order valence-corrected chi connectivity index (χ2v) is 4.55. The number of fused-ring (bicyclic) bond motifs is 1. The van der Waals surface area contributed by atoms with E-state index in [1.54, 1.807) is 24.3 Å². The first-order chi connectivity index (χ1) is 10.0. The third-order valence-corrected chi connectivity index (χ3v) is 2.79. The monoisotopic (exact) mass is 292 g/mol. The average molecular weight is 292 g/mol. The maximum atomic E-state index is 11.1. The molecule has 1 aromatic carbocycles. The van der Waals surface area contributed by atoms with Crippen molar-refractivity contribution in [3.63, 3.8) is 0 Å².